The Morgan fingerprint density at radius 3 is 2.77 bits per heavy atom. The molecule has 0 unspecified atom stereocenters. The third-order valence-corrected chi connectivity index (χ3v) is 7.35. The number of halogens is 1. The molecule has 0 atom stereocenters. The number of fused-ring (bicyclic) bond motifs is 3. The largest absolute Gasteiger partial charge is 0.488 e. The van der Waals surface area contributed by atoms with Crippen molar-refractivity contribution in [2.24, 2.45) is 0 Å². The predicted octanol–water partition coefficient (Wildman–Crippen LogP) is 6.96. The first kappa shape index (κ1) is 21.6. The Morgan fingerprint density at radius 1 is 1.11 bits per heavy atom. The van der Waals surface area contributed by atoms with Crippen LogP contribution in [0.15, 0.2) is 66.4 Å². The zero-order valence-corrected chi connectivity index (χ0v) is 19.7. The highest BCUT2D eigenvalue weighted by atomic mass is 19.1. The van der Waals surface area contributed by atoms with Crippen LogP contribution in [0, 0.1) is 17.1 Å². The minimum Gasteiger partial charge on any atom is -0.488 e. The number of nitriles is 1. The van der Waals surface area contributed by atoms with E-state index >= 15 is 0 Å². The number of ether oxygens (including phenoxy) is 1. The Hall–Kier alpha value is -3.91. The molecule has 5 heteroatoms. The van der Waals surface area contributed by atoms with Crippen molar-refractivity contribution in [1.29, 1.82) is 5.26 Å². The molecule has 2 aromatic heterocycles. The van der Waals surface area contributed by atoms with E-state index in [2.05, 4.69) is 47.0 Å². The molecule has 1 saturated carbocycles. The maximum atomic E-state index is 14.0. The van der Waals surface area contributed by atoms with E-state index < -0.39 is 0 Å². The molecule has 4 nitrogen and oxygen atoms in total. The maximum absolute atomic E-state index is 14.0. The van der Waals surface area contributed by atoms with E-state index in [1.165, 1.54) is 54.8 Å². The van der Waals surface area contributed by atoms with Gasteiger partial charge in [-0.25, -0.2) is 9.37 Å². The van der Waals surface area contributed by atoms with E-state index in [0.29, 0.717) is 23.8 Å². The smallest absolute Gasteiger partial charge is 0.137 e. The zero-order valence-electron chi connectivity index (χ0n) is 19.7. The summed E-state index contributed by atoms with van der Waals surface area (Å²) in [4.78, 5) is 5.03. The molecular formula is C30H26FN3O. The Labute approximate surface area is 204 Å². The molecule has 1 fully saturated rings. The van der Waals surface area contributed by atoms with Gasteiger partial charge in [0.15, 0.2) is 0 Å². The lowest BCUT2D eigenvalue weighted by Crippen LogP contribution is -2.04. The van der Waals surface area contributed by atoms with E-state index in [-0.39, 0.29) is 5.82 Å². The summed E-state index contributed by atoms with van der Waals surface area (Å²) in [5.41, 5.74) is 8.75. The molecule has 35 heavy (non-hydrogen) atoms. The van der Waals surface area contributed by atoms with Gasteiger partial charge in [0, 0.05) is 41.3 Å². The molecule has 0 radical (unpaired) electrons. The van der Waals surface area contributed by atoms with Crippen molar-refractivity contribution < 1.29 is 9.13 Å². The van der Waals surface area contributed by atoms with E-state index in [1.807, 2.05) is 6.07 Å². The first-order valence-electron chi connectivity index (χ1n) is 12.2. The molecular weight excluding hydrogens is 437 g/mol. The molecule has 0 N–H and O–H groups in total. The van der Waals surface area contributed by atoms with Gasteiger partial charge < -0.3 is 9.14 Å². The lowest BCUT2D eigenvalue weighted by molar-refractivity contribution is 0.305. The van der Waals surface area contributed by atoms with Crippen molar-refractivity contribution in [3.63, 3.8) is 0 Å². The minimum atomic E-state index is -0.351. The average molecular weight is 464 g/mol. The van der Waals surface area contributed by atoms with Crippen molar-refractivity contribution in [1.82, 2.24) is 9.38 Å². The van der Waals surface area contributed by atoms with Gasteiger partial charge in [0.2, 0.25) is 0 Å². The third-order valence-electron chi connectivity index (χ3n) is 7.35. The number of hydrogen-bond donors (Lipinski definition) is 0. The fourth-order valence-electron chi connectivity index (χ4n) is 5.66. The molecule has 1 aliphatic heterocycles. The highest BCUT2D eigenvalue weighted by Crippen LogP contribution is 2.40. The first-order chi connectivity index (χ1) is 17.1. The molecule has 0 spiro atoms. The summed E-state index contributed by atoms with van der Waals surface area (Å²) in [5.74, 6) is 0.639. The summed E-state index contributed by atoms with van der Waals surface area (Å²) in [7, 11) is 0. The maximum Gasteiger partial charge on any atom is 0.137 e. The molecule has 2 aromatic carbocycles. The third kappa shape index (κ3) is 3.80. The number of allylic oxidation sites excluding steroid dienone is 1. The topological polar surface area (TPSA) is 50.3 Å². The Balaban J connectivity index is 1.44. The van der Waals surface area contributed by atoms with Crippen LogP contribution in [-0.2, 0) is 13.0 Å². The zero-order chi connectivity index (χ0) is 23.9. The van der Waals surface area contributed by atoms with Crippen LogP contribution in [0.1, 0.15) is 72.2 Å². The van der Waals surface area contributed by atoms with Gasteiger partial charge in [-0.2, -0.15) is 5.26 Å². The van der Waals surface area contributed by atoms with Crippen LogP contribution in [0.3, 0.4) is 0 Å². The summed E-state index contributed by atoms with van der Waals surface area (Å²) < 4.78 is 22.2. The quantitative estimate of drug-likeness (QED) is 0.309. The van der Waals surface area contributed by atoms with Crippen LogP contribution < -0.4 is 4.74 Å². The van der Waals surface area contributed by atoms with Gasteiger partial charge in [0.25, 0.3) is 0 Å². The van der Waals surface area contributed by atoms with Gasteiger partial charge in [-0.15, -0.1) is 0 Å². The van der Waals surface area contributed by atoms with Gasteiger partial charge in [0.05, 0.1) is 17.5 Å². The molecule has 0 bridgehead atoms. The van der Waals surface area contributed by atoms with Crippen LogP contribution in [0.2, 0.25) is 0 Å². The van der Waals surface area contributed by atoms with Crippen molar-refractivity contribution >= 4 is 11.2 Å². The van der Waals surface area contributed by atoms with Crippen molar-refractivity contribution in [3.8, 4) is 11.8 Å². The van der Waals surface area contributed by atoms with Gasteiger partial charge in [-0.3, -0.25) is 0 Å². The number of rotatable bonds is 3. The van der Waals surface area contributed by atoms with E-state index in [0.717, 1.165) is 34.3 Å². The molecule has 3 heterocycles. The second-order valence-electron chi connectivity index (χ2n) is 9.56. The average Bonchev–Trinajstić information content (AvgIpc) is 3.49. The molecule has 0 saturated heterocycles. The van der Waals surface area contributed by atoms with E-state index in [4.69, 9.17) is 9.72 Å². The summed E-state index contributed by atoms with van der Waals surface area (Å²) in [5, 5.41) is 9.71. The fraction of sp³-hybridized carbons (Fsp3) is 0.267. The minimum absolute atomic E-state index is 0.324. The lowest BCUT2D eigenvalue weighted by atomic mass is 9.89. The Morgan fingerprint density at radius 2 is 1.94 bits per heavy atom. The molecule has 2 aliphatic rings. The Kier molecular flexibility index (Phi) is 5.37. The fourth-order valence-corrected chi connectivity index (χ4v) is 5.66. The Bertz CT molecular complexity index is 1520. The van der Waals surface area contributed by atoms with E-state index in [1.54, 1.807) is 13.0 Å². The SMILES string of the molecule is CC(C#N)=C1c2ccc(Cc3c(C4CCCC4)nc4ccccn34)cc2COc2cc(F)ccc21. The number of imidazole rings is 1. The first-order valence-corrected chi connectivity index (χ1v) is 12.2. The monoisotopic (exact) mass is 463 g/mol. The normalized spacial score (nSPS) is 16.8. The van der Waals surface area contributed by atoms with Gasteiger partial charge in [0.1, 0.15) is 23.8 Å². The van der Waals surface area contributed by atoms with Gasteiger partial charge in [-0.1, -0.05) is 37.1 Å². The number of hydrogen-bond acceptors (Lipinski definition) is 3. The number of aromatic nitrogens is 2. The summed E-state index contributed by atoms with van der Waals surface area (Å²) in [6.07, 6.45) is 7.80. The number of benzene rings is 2. The number of pyridine rings is 1. The molecule has 0 amide bonds. The number of nitrogens with zero attached hydrogens (tertiary/aromatic N) is 3. The molecule has 1 aliphatic carbocycles. The molecule has 174 valence electrons. The van der Waals surface area contributed by atoms with Crippen molar-refractivity contribution in [2.75, 3.05) is 0 Å². The second kappa shape index (κ2) is 8.70. The van der Waals surface area contributed by atoms with Crippen LogP contribution in [0.5, 0.6) is 5.75 Å². The predicted molar refractivity (Wildman–Crippen MR) is 134 cm³/mol. The lowest BCUT2D eigenvalue weighted by Gasteiger charge is -2.14. The van der Waals surface area contributed by atoms with Crippen LogP contribution in [-0.4, -0.2) is 9.38 Å². The van der Waals surface area contributed by atoms with Crippen molar-refractivity contribution in [3.05, 3.63) is 106 Å². The van der Waals surface area contributed by atoms with Gasteiger partial charge >= 0.3 is 0 Å². The van der Waals surface area contributed by atoms with Gasteiger partial charge in [-0.05, 0) is 60.7 Å². The summed E-state index contributed by atoms with van der Waals surface area (Å²) in [6, 6.07) is 19.4. The van der Waals surface area contributed by atoms with Crippen LogP contribution >= 0.6 is 0 Å². The highest BCUT2D eigenvalue weighted by molar-refractivity contribution is 5.88. The van der Waals surface area contributed by atoms with E-state index in [9.17, 15) is 9.65 Å². The molecule has 4 aromatic rings. The summed E-state index contributed by atoms with van der Waals surface area (Å²) in [6.45, 7) is 2.13. The standard InChI is InChI=1S/C30H26FN3O/c1-19(17-32)29-24-11-9-20(14-22(24)18-35-27-16-23(31)10-12-25(27)29)15-26-30(21-6-2-3-7-21)33-28-8-4-5-13-34(26)28/h4-5,8-14,16,21H,2-3,6-7,15,18H2,1H3. The molecule has 6 rings (SSSR count). The van der Waals surface area contributed by atoms with Crippen LogP contribution in [0.25, 0.3) is 11.2 Å². The summed E-state index contributed by atoms with van der Waals surface area (Å²) >= 11 is 0. The second-order valence-corrected chi connectivity index (χ2v) is 9.56. The van der Waals surface area contributed by atoms with Crippen LogP contribution in [0.4, 0.5) is 4.39 Å². The van der Waals surface area contributed by atoms with Crippen molar-refractivity contribution in [2.45, 2.75) is 51.6 Å². The highest BCUT2D eigenvalue weighted by Gasteiger charge is 2.26.